The lowest BCUT2D eigenvalue weighted by Crippen LogP contribution is -2.75. The standard InChI is InChI=1S/C24H25S.C8HF17O3S/c1-4-10-20(11-5-1)21-16-18-24(19-17-21)25(22-12-6-2-7-13-22)23-14-8-3-9-15-23;9-1(10,3(13,14)5(17,18)7(21,22)23)2(11,12)4(15,16)6(19,20)8(24,25)29(26,27)28/h2-3,6-9,12-20H,1,4-5,10-11H2;(H,26,27,28)/q+1;/p-1. The first-order chi connectivity index (χ1) is 24.4. The van der Waals surface area contributed by atoms with Crippen molar-refractivity contribution in [3.05, 3.63) is 90.5 Å². The van der Waals surface area contributed by atoms with Crippen LogP contribution in [0.15, 0.2) is 99.6 Å². The Morgan fingerprint density at radius 3 is 1.15 bits per heavy atom. The van der Waals surface area contributed by atoms with Crippen LogP contribution in [-0.2, 0) is 21.0 Å². The van der Waals surface area contributed by atoms with Crippen LogP contribution in [0.2, 0.25) is 0 Å². The van der Waals surface area contributed by atoms with Gasteiger partial charge in [-0.05, 0) is 60.7 Å². The van der Waals surface area contributed by atoms with Gasteiger partial charge >= 0.3 is 47.0 Å². The van der Waals surface area contributed by atoms with Gasteiger partial charge in [0.15, 0.2) is 24.8 Å². The zero-order valence-electron chi connectivity index (χ0n) is 26.7. The van der Waals surface area contributed by atoms with E-state index in [2.05, 4.69) is 84.9 Å². The molecule has 0 N–H and O–H groups in total. The van der Waals surface area contributed by atoms with Crippen molar-refractivity contribution >= 4 is 21.0 Å². The van der Waals surface area contributed by atoms with Crippen LogP contribution >= 0.6 is 0 Å². The van der Waals surface area contributed by atoms with Gasteiger partial charge in [-0.25, -0.2) is 8.42 Å². The summed E-state index contributed by atoms with van der Waals surface area (Å²) in [6, 6.07) is 31.3. The predicted octanol–water partition coefficient (Wildman–Crippen LogP) is 11.3. The van der Waals surface area contributed by atoms with Crippen LogP contribution in [0, 0.1) is 0 Å². The highest BCUT2D eigenvalue weighted by atomic mass is 32.2. The summed E-state index contributed by atoms with van der Waals surface area (Å²) in [5.74, 6) is -51.4. The van der Waals surface area contributed by atoms with Crippen molar-refractivity contribution < 1.29 is 87.6 Å². The van der Waals surface area contributed by atoms with E-state index in [0.29, 0.717) is 0 Å². The van der Waals surface area contributed by atoms with Gasteiger partial charge in [0.2, 0.25) is 0 Å². The molecule has 0 aromatic heterocycles. The Kier molecular flexibility index (Phi) is 12.8. The second-order valence-corrected chi connectivity index (χ2v) is 15.2. The largest absolute Gasteiger partial charge is 0.743 e. The van der Waals surface area contributed by atoms with Crippen molar-refractivity contribution in [1.29, 1.82) is 0 Å². The maximum Gasteiger partial charge on any atom is 0.460 e. The Hall–Kier alpha value is -3.27. The first kappa shape index (κ1) is 45.1. The van der Waals surface area contributed by atoms with Crippen molar-refractivity contribution in [1.82, 2.24) is 0 Å². The van der Waals surface area contributed by atoms with E-state index in [1.54, 1.807) is 0 Å². The molecule has 54 heavy (non-hydrogen) atoms. The fraction of sp³-hybridized carbons (Fsp3) is 0.438. The first-order valence-corrected chi connectivity index (χ1v) is 17.7. The quantitative estimate of drug-likeness (QED) is 0.110. The minimum absolute atomic E-state index is 0.0278. The Balaban J connectivity index is 0.000000292. The van der Waals surface area contributed by atoms with Crippen molar-refractivity contribution in [2.24, 2.45) is 0 Å². The maximum absolute atomic E-state index is 13.0. The van der Waals surface area contributed by atoms with Crippen LogP contribution in [0.1, 0.15) is 43.6 Å². The molecule has 0 radical (unpaired) electrons. The average Bonchev–Trinajstić information content (AvgIpc) is 3.09. The zero-order chi connectivity index (χ0) is 41.4. The van der Waals surface area contributed by atoms with Gasteiger partial charge in [0.05, 0.1) is 10.9 Å². The van der Waals surface area contributed by atoms with Crippen molar-refractivity contribution in [2.75, 3.05) is 0 Å². The molecule has 0 heterocycles. The summed E-state index contributed by atoms with van der Waals surface area (Å²) in [6.45, 7) is 0. The number of hydrogen-bond donors (Lipinski definition) is 0. The minimum atomic E-state index is -8.92. The van der Waals surface area contributed by atoms with Gasteiger partial charge in [-0.1, -0.05) is 67.8 Å². The second kappa shape index (κ2) is 15.3. The minimum Gasteiger partial charge on any atom is -0.743 e. The highest BCUT2D eigenvalue weighted by molar-refractivity contribution is 7.97. The predicted molar refractivity (Wildman–Crippen MR) is 158 cm³/mol. The number of alkyl halides is 17. The summed E-state index contributed by atoms with van der Waals surface area (Å²) in [6.07, 6.45) is -0.962. The molecule has 3 aromatic carbocycles. The van der Waals surface area contributed by atoms with E-state index < -0.39 is 57.1 Å². The molecule has 0 amide bonds. The Morgan fingerprint density at radius 1 is 0.463 bits per heavy atom. The SMILES string of the molecule is O=S(=O)([O-])C(F)(F)C(F)(F)C(F)(F)C(F)(F)C(F)(F)C(F)(F)C(F)(F)C(F)(F)F.c1ccc([S+](c2ccccc2)c2ccc(C3CCCCC3)cc2)cc1. The fourth-order valence-corrected chi connectivity index (χ4v) is 7.67. The summed E-state index contributed by atoms with van der Waals surface area (Å²) in [5.41, 5.74) is 1.54. The lowest BCUT2D eigenvalue weighted by Gasteiger charge is -2.42. The number of halogens is 17. The molecule has 0 bridgehead atoms. The van der Waals surface area contributed by atoms with Gasteiger partial charge < -0.3 is 4.55 Å². The van der Waals surface area contributed by atoms with E-state index in [1.807, 2.05) is 0 Å². The third-order valence-electron chi connectivity index (χ3n) is 8.16. The molecule has 1 aliphatic rings. The van der Waals surface area contributed by atoms with Gasteiger partial charge in [-0.2, -0.15) is 74.6 Å². The van der Waals surface area contributed by atoms with Crippen LogP contribution in [-0.4, -0.2) is 59.9 Å². The number of benzene rings is 3. The molecule has 0 aliphatic heterocycles. The van der Waals surface area contributed by atoms with Crippen LogP contribution < -0.4 is 0 Å². The van der Waals surface area contributed by atoms with Gasteiger partial charge in [0, 0.05) is 0 Å². The van der Waals surface area contributed by atoms with Crippen LogP contribution in [0.5, 0.6) is 0 Å². The molecular formula is C32H25F17O3S2. The van der Waals surface area contributed by atoms with Crippen molar-refractivity contribution in [3.8, 4) is 0 Å². The Bertz CT molecular complexity index is 1760. The molecular weight excluding hydrogens is 819 g/mol. The van der Waals surface area contributed by atoms with Gasteiger partial charge in [0.25, 0.3) is 0 Å². The third-order valence-corrected chi connectivity index (χ3v) is 11.3. The monoisotopic (exact) mass is 844 g/mol. The molecule has 1 aliphatic carbocycles. The first-order valence-electron chi connectivity index (χ1n) is 15.0. The molecule has 0 unspecified atom stereocenters. The molecule has 0 spiro atoms. The topological polar surface area (TPSA) is 57.2 Å². The van der Waals surface area contributed by atoms with Crippen LogP contribution in [0.25, 0.3) is 0 Å². The lowest BCUT2D eigenvalue weighted by molar-refractivity contribution is -0.458. The zero-order valence-corrected chi connectivity index (χ0v) is 28.3. The highest BCUT2D eigenvalue weighted by Crippen LogP contribution is 2.64. The van der Waals surface area contributed by atoms with Gasteiger partial charge in [-0.15, -0.1) is 0 Å². The highest BCUT2D eigenvalue weighted by Gasteiger charge is 2.95. The summed E-state index contributed by atoms with van der Waals surface area (Å²) < 4.78 is 244. The van der Waals surface area contributed by atoms with Gasteiger partial charge in [0.1, 0.15) is 0 Å². The normalized spacial score (nSPS) is 16.2. The van der Waals surface area contributed by atoms with Crippen molar-refractivity contribution in [3.63, 3.8) is 0 Å². The fourth-order valence-electron chi connectivity index (χ4n) is 5.14. The van der Waals surface area contributed by atoms with E-state index >= 15 is 0 Å². The van der Waals surface area contributed by atoms with E-state index in [-0.39, 0.29) is 10.9 Å². The van der Waals surface area contributed by atoms with Crippen LogP contribution in [0.3, 0.4) is 0 Å². The maximum atomic E-state index is 13.0. The summed E-state index contributed by atoms with van der Waals surface area (Å²) in [7, 11) is -8.17. The van der Waals surface area contributed by atoms with E-state index in [1.165, 1.54) is 52.4 Å². The molecule has 1 saturated carbocycles. The van der Waals surface area contributed by atoms with E-state index in [0.717, 1.165) is 5.92 Å². The lowest BCUT2D eigenvalue weighted by atomic mass is 9.84. The molecule has 0 saturated heterocycles. The molecule has 3 nitrogen and oxygen atoms in total. The van der Waals surface area contributed by atoms with Crippen molar-refractivity contribution in [2.45, 2.75) is 99.7 Å². The van der Waals surface area contributed by atoms with E-state index in [4.69, 9.17) is 0 Å². The summed E-state index contributed by atoms with van der Waals surface area (Å²) in [4.78, 5) is 4.19. The number of hydrogen-bond acceptors (Lipinski definition) is 3. The Morgan fingerprint density at radius 2 is 0.796 bits per heavy atom. The summed E-state index contributed by atoms with van der Waals surface area (Å²) in [5, 5.41) is -7.95. The molecule has 3 aromatic rings. The summed E-state index contributed by atoms with van der Waals surface area (Å²) >= 11 is 0. The smallest absolute Gasteiger partial charge is 0.460 e. The molecule has 1 fully saturated rings. The molecule has 0 atom stereocenters. The Labute approximate surface area is 298 Å². The molecule has 22 heteroatoms. The third kappa shape index (κ3) is 7.88. The van der Waals surface area contributed by atoms with Gasteiger partial charge in [-0.3, -0.25) is 0 Å². The second-order valence-electron chi connectivity index (χ2n) is 11.8. The molecule has 4 rings (SSSR count). The average molecular weight is 845 g/mol. The van der Waals surface area contributed by atoms with E-state index in [9.17, 15) is 87.6 Å². The number of rotatable bonds is 11. The van der Waals surface area contributed by atoms with Crippen LogP contribution in [0.4, 0.5) is 74.6 Å². The molecule has 302 valence electrons.